The second-order valence-corrected chi connectivity index (χ2v) is 11.0. The van der Waals surface area contributed by atoms with E-state index in [1.165, 1.54) is 31.4 Å². The number of aliphatic hydroxyl groups is 1. The number of nitrogens with two attached hydrogens (primary N) is 1. The van der Waals surface area contributed by atoms with E-state index in [-0.39, 0.29) is 33.9 Å². The number of carbonyl (C=O) groups is 1. The number of carbonyl (C=O) groups excluding carboxylic acids is 1. The molecule has 230 valence electrons. The number of rotatable bonds is 9. The number of ether oxygens (including phenoxy) is 4. The molecule has 0 saturated carbocycles. The van der Waals surface area contributed by atoms with Gasteiger partial charge in [0.25, 0.3) is 0 Å². The van der Waals surface area contributed by atoms with Crippen LogP contribution in [0.25, 0.3) is 16.7 Å². The molecule has 1 saturated heterocycles. The lowest BCUT2D eigenvalue weighted by Crippen LogP contribution is -2.65. The molecule has 4 atom stereocenters. The highest BCUT2D eigenvalue weighted by Crippen LogP contribution is 2.37. The number of aromatic hydroxyl groups is 2. The molecule has 3 aromatic rings. The molecule has 2 heterocycles. The molecule has 0 bridgehead atoms. The summed E-state index contributed by atoms with van der Waals surface area (Å²) in [7, 11) is 1.38. The van der Waals surface area contributed by atoms with Gasteiger partial charge in [0.1, 0.15) is 23.2 Å². The standard InChI is InChI=1S/C31H36N2O10/c1-15(2)7-8-18-13-17(9-12-21(18)34)16(3)33-23-24(35)20-11-10-19(14-22(20)41-28(23)37)40-29-25(36)26(42-30(32)38)27(39-6)31(4,5)43-29/h7,9-14,25-27,29,33-36H,3,8H2,1-2,4-6H3,(H2,32,38). The molecule has 1 aliphatic heterocycles. The zero-order valence-corrected chi connectivity index (χ0v) is 24.5. The van der Waals surface area contributed by atoms with E-state index in [0.717, 1.165) is 5.57 Å². The summed E-state index contributed by atoms with van der Waals surface area (Å²) >= 11 is 0. The molecule has 43 heavy (non-hydrogen) atoms. The summed E-state index contributed by atoms with van der Waals surface area (Å²) in [5.74, 6) is -0.124. The van der Waals surface area contributed by atoms with Crippen molar-refractivity contribution in [2.75, 3.05) is 12.4 Å². The van der Waals surface area contributed by atoms with Gasteiger partial charge in [-0.05, 0) is 75.6 Å². The summed E-state index contributed by atoms with van der Waals surface area (Å²) in [5.41, 5.74) is 5.69. The highest BCUT2D eigenvalue weighted by atomic mass is 16.7. The third-order valence-corrected chi connectivity index (χ3v) is 7.06. The predicted octanol–water partition coefficient (Wildman–Crippen LogP) is 4.15. The molecule has 0 spiro atoms. The Morgan fingerprint density at radius 3 is 2.56 bits per heavy atom. The monoisotopic (exact) mass is 596 g/mol. The van der Waals surface area contributed by atoms with Crippen LogP contribution in [0.4, 0.5) is 10.5 Å². The molecular formula is C31H36N2O10. The second-order valence-electron chi connectivity index (χ2n) is 11.0. The van der Waals surface area contributed by atoms with E-state index in [9.17, 15) is 24.9 Å². The van der Waals surface area contributed by atoms with Gasteiger partial charge in [-0.25, -0.2) is 9.59 Å². The third-order valence-electron chi connectivity index (χ3n) is 7.06. The van der Waals surface area contributed by atoms with Crippen molar-refractivity contribution >= 4 is 28.4 Å². The fourth-order valence-electron chi connectivity index (χ4n) is 4.90. The summed E-state index contributed by atoms with van der Waals surface area (Å²) in [5, 5.41) is 35.1. The fraction of sp³-hybridized carbons (Fsp3) is 0.355. The van der Waals surface area contributed by atoms with Crippen molar-refractivity contribution in [1.82, 2.24) is 0 Å². The molecule has 12 nitrogen and oxygen atoms in total. The van der Waals surface area contributed by atoms with Gasteiger partial charge in [0.2, 0.25) is 6.29 Å². The van der Waals surface area contributed by atoms with E-state index in [4.69, 9.17) is 29.1 Å². The average molecular weight is 597 g/mol. The Balaban J connectivity index is 1.58. The lowest BCUT2D eigenvalue weighted by molar-refractivity contribution is -0.304. The maximum Gasteiger partial charge on any atom is 0.404 e. The largest absolute Gasteiger partial charge is 0.508 e. The third kappa shape index (κ3) is 6.77. The normalized spacial score (nSPS) is 21.2. The van der Waals surface area contributed by atoms with Crippen molar-refractivity contribution in [3.8, 4) is 17.2 Å². The number of aliphatic hydroxyl groups excluding tert-OH is 1. The topological polar surface area (TPSA) is 183 Å². The molecule has 0 radical (unpaired) electrons. The second kappa shape index (κ2) is 12.4. The molecule has 1 aromatic heterocycles. The molecule has 12 heteroatoms. The Morgan fingerprint density at radius 2 is 1.91 bits per heavy atom. The van der Waals surface area contributed by atoms with Crippen LogP contribution in [0, 0.1) is 0 Å². The SMILES string of the molecule is C=C(Nc1c(O)c2ccc(OC3OC(C)(C)C(OC)C(OC(N)=O)C3O)cc2oc1=O)c1ccc(O)c(CC=C(C)C)c1. The molecule has 2 aromatic carbocycles. The molecule has 4 rings (SSSR count). The van der Waals surface area contributed by atoms with Crippen LogP contribution >= 0.6 is 0 Å². The van der Waals surface area contributed by atoms with Gasteiger partial charge in [0.15, 0.2) is 23.6 Å². The number of phenolic OH excluding ortho intramolecular Hbond substituents is 1. The highest BCUT2D eigenvalue weighted by Gasteiger charge is 2.53. The van der Waals surface area contributed by atoms with Gasteiger partial charge >= 0.3 is 11.7 Å². The zero-order valence-electron chi connectivity index (χ0n) is 24.5. The van der Waals surface area contributed by atoms with E-state index < -0.39 is 41.9 Å². The number of allylic oxidation sites excluding steroid dienone is 2. The minimum Gasteiger partial charge on any atom is -0.508 e. The fourth-order valence-corrected chi connectivity index (χ4v) is 4.90. The summed E-state index contributed by atoms with van der Waals surface area (Å²) in [6, 6.07) is 9.20. The molecule has 0 aliphatic carbocycles. The lowest BCUT2D eigenvalue weighted by Gasteiger charge is -2.47. The van der Waals surface area contributed by atoms with Crippen molar-refractivity contribution in [3.63, 3.8) is 0 Å². The van der Waals surface area contributed by atoms with Gasteiger partial charge in [-0.1, -0.05) is 18.2 Å². The van der Waals surface area contributed by atoms with Crippen LogP contribution in [0.5, 0.6) is 17.2 Å². The summed E-state index contributed by atoms with van der Waals surface area (Å²) in [6.45, 7) is 11.2. The lowest BCUT2D eigenvalue weighted by atomic mass is 9.89. The summed E-state index contributed by atoms with van der Waals surface area (Å²) in [6.07, 6.45) is -3.48. The maximum absolute atomic E-state index is 12.9. The van der Waals surface area contributed by atoms with E-state index in [1.807, 2.05) is 19.9 Å². The number of hydrogen-bond acceptors (Lipinski definition) is 11. The van der Waals surface area contributed by atoms with Gasteiger partial charge in [-0.15, -0.1) is 0 Å². The predicted molar refractivity (Wildman–Crippen MR) is 159 cm³/mol. The molecule has 4 unspecified atom stereocenters. The number of primary amides is 1. The van der Waals surface area contributed by atoms with Gasteiger partial charge in [-0.2, -0.15) is 0 Å². The zero-order chi connectivity index (χ0) is 31.6. The van der Waals surface area contributed by atoms with Crippen molar-refractivity contribution in [2.24, 2.45) is 5.73 Å². The molecule has 1 aliphatic rings. The Morgan fingerprint density at radius 1 is 1.19 bits per heavy atom. The minimum atomic E-state index is -1.48. The van der Waals surface area contributed by atoms with E-state index in [2.05, 4.69) is 11.9 Å². The van der Waals surface area contributed by atoms with Crippen LogP contribution in [-0.2, 0) is 20.6 Å². The number of benzene rings is 2. The average Bonchev–Trinajstić information content (AvgIpc) is 2.92. The quantitative estimate of drug-likeness (QED) is 0.177. The first-order valence-electron chi connectivity index (χ1n) is 13.4. The van der Waals surface area contributed by atoms with E-state index in [1.54, 1.807) is 26.0 Å². The van der Waals surface area contributed by atoms with Crippen LogP contribution < -0.4 is 21.4 Å². The first-order chi connectivity index (χ1) is 20.2. The van der Waals surface area contributed by atoms with E-state index >= 15 is 0 Å². The van der Waals surface area contributed by atoms with Crippen molar-refractivity contribution in [2.45, 2.75) is 64.3 Å². The van der Waals surface area contributed by atoms with Gasteiger partial charge in [0, 0.05) is 18.9 Å². The Hall–Kier alpha value is -4.52. The van der Waals surface area contributed by atoms with Crippen LogP contribution in [0.15, 0.2) is 63.8 Å². The first kappa shape index (κ1) is 31.4. The van der Waals surface area contributed by atoms with Crippen LogP contribution in [0.2, 0.25) is 0 Å². The number of hydrogen-bond donors (Lipinski definition) is 5. The Labute approximate surface area is 247 Å². The number of methoxy groups -OCH3 is 1. The van der Waals surface area contributed by atoms with Gasteiger partial charge in [0.05, 0.1) is 11.0 Å². The summed E-state index contributed by atoms with van der Waals surface area (Å²) < 4.78 is 27.7. The van der Waals surface area contributed by atoms with E-state index in [0.29, 0.717) is 23.2 Å². The maximum atomic E-state index is 12.9. The van der Waals surface area contributed by atoms with Crippen LogP contribution in [0.1, 0.15) is 38.8 Å². The highest BCUT2D eigenvalue weighted by molar-refractivity contribution is 5.91. The number of fused-ring (bicyclic) bond motifs is 1. The number of phenols is 1. The molecule has 1 amide bonds. The van der Waals surface area contributed by atoms with Crippen molar-refractivity contribution < 1.29 is 43.5 Å². The van der Waals surface area contributed by atoms with Crippen molar-refractivity contribution in [1.29, 1.82) is 0 Å². The first-order valence-corrected chi connectivity index (χ1v) is 13.4. The minimum absolute atomic E-state index is 0.00549. The van der Waals surface area contributed by atoms with Crippen LogP contribution in [-0.4, -0.2) is 58.7 Å². The molecule has 6 N–H and O–H groups in total. The summed E-state index contributed by atoms with van der Waals surface area (Å²) in [4.78, 5) is 24.4. The number of amides is 1. The number of nitrogens with one attached hydrogen (secondary N) is 1. The Kier molecular flexibility index (Phi) is 9.04. The number of anilines is 1. The van der Waals surface area contributed by atoms with Gasteiger partial charge < -0.3 is 49.7 Å². The molecular weight excluding hydrogens is 560 g/mol. The van der Waals surface area contributed by atoms with Gasteiger partial charge in [-0.3, -0.25) is 0 Å². The van der Waals surface area contributed by atoms with Crippen LogP contribution in [0.3, 0.4) is 0 Å². The molecule has 1 fully saturated rings. The van der Waals surface area contributed by atoms with Crippen molar-refractivity contribution in [3.05, 3.63) is 76.2 Å². The Bertz CT molecular complexity index is 1620. The smallest absolute Gasteiger partial charge is 0.404 e.